The van der Waals surface area contributed by atoms with Crippen molar-refractivity contribution in [3.8, 4) is 0 Å². The molecule has 0 unspecified atom stereocenters. The SMILES string of the molecule is CC(=O)N[C@@H]1[C@@H](O[C@@H]2O[C@H](CO)[C@@H](O[C@@H]3O[C@H](CO)[C@H](O)[C@H](O)[C@H]3O)[C@H](O)[C@H]2NC(C)=O)[C@@H](O)[C@@H](CO[C@@H]2O[C@H](CO)[C@H](O)[C@H](O)[C@H]2O[C@@H]2O[C@@H](C)[C@@H](O)[C@@H](O)[C@@H]2O)O[C@H]1O. The highest BCUT2D eigenvalue weighted by Crippen LogP contribution is 2.34. The fraction of sp³-hybridized carbons (Fsp3) is 0.941. The second-order valence-electron chi connectivity index (χ2n) is 15.4. The molecule has 61 heavy (non-hydrogen) atoms. The third-order valence-electron chi connectivity index (χ3n) is 11.1. The predicted octanol–water partition coefficient (Wildman–Crippen LogP) is -10.6. The molecule has 0 saturated carbocycles. The van der Waals surface area contributed by atoms with Crippen LogP contribution in [0.15, 0.2) is 0 Å². The Hall–Kier alpha value is -1.98. The molecule has 5 rings (SSSR count). The molecule has 0 aromatic rings. The first-order valence-corrected chi connectivity index (χ1v) is 19.4. The van der Waals surface area contributed by atoms with Crippen LogP contribution in [0.5, 0.6) is 0 Å². The van der Waals surface area contributed by atoms with Gasteiger partial charge in [-0.25, -0.2) is 0 Å². The highest BCUT2D eigenvalue weighted by molar-refractivity contribution is 5.73. The molecule has 5 aliphatic rings. The fourth-order valence-electron chi connectivity index (χ4n) is 7.66. The zero-order valence-corrected chi connectivity index (χ0v) is 33.0. The molecule has 5 saturated heterocycles. The van der Waals surface area contributed by atoms with E-state index in [1.165, 1.54) is 6.92 Å². The number of carbonyl (C=O) groups excluding carboxylic acids is 2. The van der Waals surface area contributed by atoms with Gasteiger partial charge in [-0.3, -0.25) is 9.59 Å². The van der Waals surface area contributed by atoms with E-state index in [-0.39, 0.29) is 0 Å². The van der Waals surface area contributed by atoms with Crippen molar-refractivity contribution >= 4 is 11.8 Å². The second kappa shape index (κ2) is 21.3. The van der Waals surface area contributed by atoms with Crippen LogP contribution in [0.1, 0.15) is 20.8 Å². The van der Waals surface area contributed by atoms with E-state index in [1.54, 1.807) is 0 Å². The molecule has 5 fully saturated rings. The number of hydrogen-bond donors (Lipinski definition) is 16. The Kier molecular flexibility index (Phi) is 17.5. The summed E-state index contributed by atoms with van der Waals surface area (Å²) in [6.07, 6.45) is -40.1. The lowest BCUT2D eigenvalue weighted by Crippen LogP contribution is -2.70. The number of ether oxygens (including phenoxy) is 9. The largest absolute Gasteiger partial charge is 0.394 e. The van der Waals surface area contributed by atoms with Gasteiger partial charge >= 0.3 is 0 Å². The van der Waals surface area contributed by atoms with Gasteiger partial charge in [0.25, 0.3) is 0 Å². The lowest BCUT2D eigenvalue weighted by molar-refractivity contribution is -0.372. The Morgan fingerprint density at radius 2 is 0.934 bits per heavy atom. The van der Waals surface area contributed by atoms with Gasteiger partial charge in [-0.1, -0.05) is 0 Å². The number of amides is 2. The molecule has 16 N–H and O–H groups in total. The minimum atomic E-state index is -2.01. The van der Waals surface area contributed by atoms with Gasteiger partial charge in [0.05, 0.1) is 32.5 Å². The molecule has 0 radical (unpaired) electrons. The maximum absolute atomic E-state index is 12.4. The third kappa shape index (κ3) is 10.9. The molecular weight excluding hydrogens is 836 g/mol. The Bertz CT molecular complexity index is 1420. The van der Waals surface area contributed by atoms with Crippen LogP contribution in [0.4, 0.5) is 0 Å². The van der Waals surface area contributed by atoms with Crippen LogP contribution >= 0.6 is 0 Å². The summed E-state index contributed by atoms with van der Waals surface area (Å²) in [6.45, 7) is 0.0424. The van der Waals surface area contributed by atoms with Gasteiger partial charge in [-0.2, -0.15) is 0 Å². The third-order valence-corrected chi connectivity index (χ3v) is 11.1. The summed E-state index contributed by atoms with van der Waals surface area (Å²) < 4.78 is 51.1. The van der Waals surface area contributed by atoms with Gasteiger partial charge in [0, 0.05) is 13.8 Å². The zero-order chi connectivity index (χ0) is 45.2. The molecule has 0 aromatic heterocycles. The van der Waals surface area contributed by atoms with Crippen molar-refractivity contribution in [1.82, 2.24) is 10.6 Å². The van der Waals surface area contributed by atoms with Crippen LogP contribution in [0.3, 0.4) is 0 Å². The summed E-state index contributed by atoms with van der Waals surface area (Å²) in [7, 11) is 0. The Morgan fingerprint density at radius 1 is 0.459 bits per heavy atom. The quantitative estimate of drug-likeness (QED) is 0.0770. The van der Waals surface area contributed by atoms with E-state index in [0.717, 1.165) is 13.8 Å². The Morgan fingerprint density at radius 3 is 1.51 bits per heavy atom. The van der Waals surface area contributed by atoms with E-state index in [9.17, 15) is 81.1 Å². The highest BCUT2D eigenvalue weighted by atomic mass is 16.8. The molecule has 5 aliphatic heterocycles. The number of rotatable bonds is 14. The number of carbonyl (C=O) groups is 2. The molecular formula is C34H58N2O25. The van der Waals surface area contributed by atoms with Crippen molar-refractivity contribution in [3.63, 3.8) is 0 Å². The number of nitrogens with one attached hydrogen (secondary N) is 2. The van der Waals surface area contributed by atoms with Gasteiger partial charge in [0.1, 0.15) is 116 Å². The number of aliphatic hydroxyl groups excluding tert-OH is 14. The molecule has 0 aromatic carbocycles. The van der Waals surface area contributed by atoms with E-state index < -0.39 is 192 Å². The van der Waals surface area contributed by atoms with Crippen LogP contribution in [0, 0.1) is 0 Å². The molecule has 27 nitrogen and oxygen atoms in total. The summed E-state index contributed by atoms with van der Waals surface area (Å²) >= 11 is 0. The molecule has 354 valence electrons. The summed E-state index contributed by atoms with van der Waals surface area (Å²) in [5.41, 5.74) is 0. The summed E-state index contributed by atoms with van der Waals surface area (Å²) in [4.78, 5) is 24.7. The molecule has 0 aliphatic carbocycles. The van der Waals surface area contributed by atoms with Crippen LogP contribution in [-0.2, 0) is 52.2 Å². The average Bonchev–Trinajstić information content (AvgIpc) is 3.21. The fourth-order valence-corrected chi connectivity index (χ4v) is 7.66. The molecule has 27 heteroatoms. The van der Waals surface area contributed by atoms with Gasteiger partial charge < -0.3 is 125 Å². The van der Waals surface area contributed by atoms with Crippen molar-refractivity contribution in [3.05, 3.63) is 0 Å². The van der Waals surface area contributed by atoms with Crippen LogP contribution < -0.4 is 10.6 Å². The van der Waals surface area contributed by atoms with Crippen molar-refractivity contribution in [2.45, 2.75) is 174 Å². The Balaban J connectivity index is 1.36. The van der Waals surface area contributed by atoms with Gasteiger partial charge in [0.2, 0.25) is 11.8 Å². The molecule has 5 heterocycles. The summed E-state index contributed by atoms with van der Waals surface area (Å²) in [5.74, 6) is -1.54. The van der Waals surface area contributed by atoms with Crippen molar-refractivity contribution in [1.29, 1.82) is 0 Å². The molecule has 25 atom stereocenters. The maximum Gasteiger partial charge on any atom is 0.217 e. The topological polar surface area (TPSA) is 424 Å². The molecule has 0 spiro atoms. The van der Waals surface area contributed by atoms with E-state index >= 15 is 0 Å². The number of aliphatic hydroxyl groups is 14. The van der Waals surface area contributed by atoms with E-state index in [1.807, 2.05) is 0 Å². The maximum atomic E-state index is 12.4. The van der Waals surface area contributed by atoms with E-state index in [2.05, 4.69) is 10.6 Å². The standard InChI is InChI=1S/C34H58N2O25/c1-8-17(42)22(47)25(50)32(54-8)61-29-24(49)19(44)12(5-38)57-34(29)53-7-14-20(45)28(16(30(52)55-14)36-10(3)41)60-31-15(35-9(2)40)21(46)27(13(6-39)58-31)59-33-26(51)23(48)18(43)11(4-37)56-33/h8,11-34,37-39,42-52H,4-7H2,1-3H3,(H,35,40)(H,36,41)/t8-,11+,12+,13+,14+,15+,16+,17+,18-,19-,20-,21+,22+,23-,24-,25-,26+,27+,28+,29+,30+,31-,32-,33-,34+/m0/s1. The lowest BCUT2D eigenvalue weighted by Gasteiger charge is -2.49. The zero-order valence-electron chi connectivity index (χ0n) is 33.0. The second-order valence-corrected chi connectivity index (χ2v) is 15.4. The van der Waals surface area contributed by atoms with Crippen molar-refractivity contribution in [2.75, 3.05) is 26.4 Å². The minimum absolute atomic E-state index is 0.760. The van der Waals surface area contributed by atoms with E-state index in [4.69, 9.17) is 42.6 Å². The molecule has 0 bridgehead atoms. The lowest BCUT2D eigenvalue weighted by atomic mass is 9.94. The summed E-state index contributed by atoms with van der Waals surface area (Å²) in [5, 5.41) is 152. The minimum Gasteiger partial charge on any atom is -0.394 e. The van der Waals surface area contributed by atoms with Gasteiger partial charge in [-0.05, 0) is 6.92 Å². The first-order valence-electron chi connectivity index (χ1n) is 19.4. The van der Waals surface area contributed by atoms with Crippen molar-refractivity contribution in [2.24, 2.45) is 0 Å². The van der Waals surface area contributed by atoms with Gasteiger partial charge in [-0.15, -0.1) is 0 Å². The first-order chi connectivity index (χ1) is 28.7. The first kappa shape index (κ1) is 50.0. The van der Waals surface area contributed by atoms with Gasteiger partial charge in [0.15, 0.2) is 31.5 Å². The van der Waals surface area contributed by atoms with Crippen LogP contribution in [-0.4, -0.2) is 263 Å². The summed E-state index contributed by atoms with van der Waals surface area (Å²) in [6, 6.07) is -3.28. The van der Waals surface area contributed by atoms with Crippen LogP contribution in [0.2, 0.25) is 0 Å². The Labute approximate surface area is 346 Å². The van der Waals surface area contributed by atoms with E-state index in [0.29, 0.717) is 0 Å². The van der Waals surface area contributed by atoms with Crippen molar-refractivity contribution < 1.29 is 124 Å². The highest BCUT2D eigenvalue weighted by Gasteiger charge is 2.56. The van der Waals surface area contributed by atoms with Crippen LogP contribution in [0.25, 0.3) is 0 Å². The number of hydrogen-bond acceptors (Lipinski definition) is 25. The predicted molar refractivity (Wildman–Crippen MR) is 188 cm³/mol. The normalized spacial score (nSPS) is 49.6. The monoisotopic (exact) mass is 894 g/mol. The molecule has 2 amide bonds. The average molecular weight is 895 g/mol. The smallest absolute Gasteiger partial charge is 0.217 e.